The highest BCUT2D eigenvalue weighted by atomic mass is 15.2. The first-order valence-corrected chi connectivity index (χ1v) is 5.86. The molecule has 1 spiro atoms. The number of likely N-dealkylation sites (tertiary alicyclic amines) is 1. The van der Waals surface area contributed by atoms with E-state index in [1.54, 1.807) is 0 Å². The predicted octanol–water partition coefficient (Wildman–Crippen LogP) is 3.15. The van der Waals surface area contributed by atoms with Gasteiger partial charge in [0.1, 0.15) is 0 Å². The Bertz CT molecular complexity index is 154. The van der Waals surface area contributed by atoms with E-state index in [4.69, 9.17) is 0 Å². The molecule has 0 aromatic carbocycles. The topological polar surface area (TPSA) is 3.24 Å². The molecule has 1 heteroatoms. The molecule has 2 aliphatic rings. The van der Waals surface area contributed by atoms with Gasteiger partial charge >= 0.3 is 0 Å². The Balaban J connectivity index is 0.000000396. The molecule has 1 aliphatic carbocycles. The van der Waals surface area contributed by atoms with E-state index >= 15 is 0 Å². The van der Waals surface area contributed by atoms with Gasteiger partial charge in [0, 0.05) is 12.6 Å². The van der Waals surface area contributed by atoms with E-state index in [0.717, 1.165) is 17.4 Å². The van der Waals surface area contributed by atoms with Gasteiger partial charge in [-0.3, -0.25) is 0 Å². The summed E-state index contributed by atoms with van der Waals surface area (Å²) in [5.41, 5.74) is 0.781. The van der Waals surface area contributed by atoms with Gasteiger partial charge in [0.25, 0.3) is 0 Å². The lowest BCUT2D eigenvalue weighted by Crippen LogP contribution is -2.67. The maximum atomic E-state index is 2.53. The van der Waals surface area contributed by atoms with Gasteiger partial charge in [0.05, 0.1) is 0 Å². The summed E-state index contributed by atoms with van der Waals surface area (Å²) >= 11 is 0. The van der Waals surface area contributed by atoms with Gasteiger partial charge in [-0.1, -0.05) is 34.1 Å². The van der Waals surface area contributed by atoms with Gasteiger partial charge < -0.3 is 4.90 Å². The van der Waals surface area contributed by atoms with E-state index < -0.39 is 0 Å². The fraction of sp³-hybridized carbons (Fsp3) is 1.00. The highest BCUT2D eigenvalue weighted by molar-refractivity contribution is 5.08. The molecule has 1 nitrogen and oxygen atoms in total. The fourth-order valence-corrected chi connectivity index (χ4v) is 3.34. The first-order chi connectivity index (χ1) is 6.16. The Hall–Kier alpha value is -0.0400. The molecule has 0 aromatic rings. The van der Waals surface area contributed by atoms with Gasteiger partial charge in [-0.25, -0.2) is 0 Å². The van der Waals surface area contributed by atoms with Crippen LogP contribution in [0.5, 0.6) is 0 Å². The van der Waals surface area contributed by atoms with Crippen molar-refractivity contribution in [3.8, 4) is 0 Å². The second-order valence-electron chi connectivity index (χ2n) is 4.82. The van der Waals surface area contributed by atoms with Crippen LogP contribution in [-0.4, -0.2) is 24.5 Å². The van der Waals surface area contributed by atoms with Crippen molar-refractivity contribution >= 4 is 0 Å². The van der Waals surface area contributed by atoms with Crippen molar-refractivity contribution in [1.82, 2.24) is 4.90 Å². The highest BCUT2D eigenvalue weighted by Gasteiger charge is 2.54. The summed E-state index contributed by atoms with van der Waals surface area (Å²) in [7, 11) is 2.27. The van der Waals surface area contributed by atoms with Gasteiger partial charge in [-0.05, 0) is 31.2 Å². The number of hydrogen-bond donors (Lipinski definition) is 0. The summed E-state index contributed by atoms with van der Waals surface area (Å²) in [4.78, 5) is 2.53. The van der Waals surface area contributed by atoms with Gasteiger partial charge in [-0.15, -0.1) is 0 Å². The lowest BCUT2D eigenvalue weighted by molar-refractivity contribution is -0.130. The zero-order valence-corrected chi connectivity index (χ0v) is 9.93. The third-order valence-corrected chi connectivity index (χ3v) is 3.65. The van der Waals surface area contributed by atoms with E-state index in [2.05, 4.69) is 25.8 Å². The van der Waals surface area contributed by atoms with E-state index in [1.165, 1.54) is 25.8 Å². The molecule has 1 unspecified atom stereocenters. The molecule has 1 atom stereocenters. The molecule has 0 radical (unpaired) electrons. The van der Waals surface area contributed by atoms with Crippen molar-refractivity contribution in [3.63, 3.8) is 0 Å². The third kappa shape index (κ3) is 1.63. The number of nitrogens with zero attached hydrogens (tertiary/aromatic N) is 1. The van der Waals surface area contributed by atoms with Crippen molar-refractivity contribution < 1.29 is 0 Å². The van der Waals surface area contributed by atoms with Gasteiger partial charge in [0.2, 0.25) is 0 Å². The molecule has 1 heterocycles. The van der Waals surface area contributed by atoms with Crippen LogP contribution in [0.25, 0.3) is 0 Å². The molecule has 1 aliphatic heterocycles. The van der Waals surface area contributed by atoms with Crippen molar-refractivity contribution in [3.05, 3.63) is 0 Å². The van der Waals surface area contributed by atoms with Crippen LogP contribution >= 0.6 is 0 Å². The van der Waals surface area contributed by atoms with Crippen molar-refractivity contribution in [2.45, 2.75) is 53.0 Å². The van der Waals surface area contributed by atoms with Crippen LogP contribution in [0.15, 0.2) is 0 Å². The molecule has 1 saturated carbocycles. The maximum Gasteiger partial charge on any atom is 0.0184 e. The van der Waals surface area contributed by atoms with Crippen LogP contribution in [0.1, 0.15) is 47.0 Å². The smallest absolute Gasteiger partial charge is 0.0184 e. The quantitative estimate of drug-likeness (QED) is 0.603. The minimum atomic E-state index is 0.781. The predicted molar refractivity (Wildman–Crippen MR) is 58.9 cm³/mol. The summed E-state index contributed by atoms with van der Waals surface area (Å²) in [5.74, 6) is 0.856. The second kappa shape index (κ2) is 4.00. The molecule has 2 fully saturated rings. The van der Waals surface area contributed by atoms with Crippen LogP contribution < -0.4 is 0 Å². The van der Waals surface area contributed by atoms with Crippen LogP contribution in [0.2, 0.25) is 0 Å². The van der Waals surface area contributed by atoms with Crippen LogP contribution in [0, 0.1) is 11.3 Å². The Labute approximate surface area is 83.5 Å². The Morgan fingerprint density at radius 2 is 1.77 bits per heavy atom. The SMILES string of the molecule is CC.CC(C)C1N(C)CC12CCC2. The minimum absolute atomic E-state index is 0.781. The van der Waals surface area contributed by atoms with E-state index in [1.807, 2.05) is 13.8 Å². The summed E-state index contributed by atoms with van der Waals surface area (Å²) < 4.78 is 0. The summed E-state index contributed by atoms with van der Waals surface area (Å²) in [5, 5.41) is 0. The van der Waals surface area contributed by atoms with E-state index in [0.29, 0.717) is 0 Å². The number of hydrogen-bond acceptors (Lipinski definition) is 1. The van der Waals surface area contributed by atoms with Crippen molar-refractivity contribution in [2.24, 2.45) is 11.3 Å². The van der Waals surface area contributed by atoms with Gasteiger partial charge in [0.15, 0.2) is 0 Å². The Kier molecular flexibility index (Phi) is 3.39. The first kappa shape index (κ1) is 11.0. The number of rotatable bonds is 1. The first-order valence-electron chi connectivity index (χ1n) is 5.86. The Morgan fingerprint density at radius 3 is 1.92 bits per heavy atom. The molecule has 78 valence electrons. The molecule has 1 saturated heterocycles. The average molecular weight is 183 g/mol. The normalized spacial score (nSPS) is 30.5. The van der Waals surface area contributed by atoms with Crippen LogP contribution in [-0.2, 0) is 0 Å². The fourth-order valence-electron chi connectivity index (χ4n) is 3.34. The largest absolute Gasteiger partial charge is 0.302 e. The van der Waals surface area contributed by atoms with Crippen LogP contribution in [0.4, 0.5) is 0 Å². The molecule has 2 rings (SSSR count). The molecule has 0 amide bonds. The third-order valence-electron chi connectivity index (χ3n) is 3.65. The van der Waals surface area contributed by atoms with Gasteiger partial charge in [-0.2, -0.15) is 0 Å². The lowest BCUT2D eigenvalue weighted by atomic mass is 9.56. The Morgan fingerprint density at radius 1 is 1.23 bits per heavy atom. The molecule has 13 heavy (non-hydrogen) atoms. The maximum absolute atomic E-state index is 2.53. The van der Waals surface area contributed by atoms with Crippen molar-refractivity contribution in [1.29, 1.82) is 0 Å². The summed E-state index contributed by atoms with van der Waals surface area (Å²) in [6.07, 6.45) is 4.48. The van der Waals surface area contributed by atoms with E-state index in [-0.39, 0.29) is 0 Å². The molecular formula is C12H25N. The zero-order valence-electron chi connectivity index (χ0n) is 9.93. The monoisotopic (exact) mass is 183 g/mol. The average Bonchev–Trinajstić information content (AvgIpc) is 1.98. The highest BCUT2D eigenvalue weighted by Crippen LogP contribution is 2.54. The lowest BCUT2D eigenvalue weighted by Gasteiger charge is -2.63. The van der Waals surface area contributed by atoms with Crippen LogP contribution in [0.3, 0.4) is 0 Å². The molecule has 0 N–H and O–H groups in total. The molecule has 0 bridgehead atoms. The standard InChI is InChI=1S/C10H19N.C2H6/c1-8(2)9-10(5-4-6-10)7-11(9)3;1-2/h8-9H,4-7H2,1-3H3;1-2H3. The minimum Gasteiger partial charge on any atom is -0.302 e. The summed E-state index contributed by atoms with van der Waals surface area (Å²) in [6.45, 7) is 10.1. The zero-order chi connectivity index (χ0) is 10.1. The summed E-state index contributed by atoms with van der Waals surface area (Å²) in [6, 6.07) is 0.899. The molecular weight excluding hydrogens is 158 g/mol. The van der Waals surface area contributed by atoms with Crippen molar-refractivity contribution in [2.75, 3.05) is 13.6 Å². The van der Waals surface area contributed by atoms with E-state index in [9.17, 15) is 0 Å². The molecule has 0 aromatic heterocycles. The second-order valence-corrected chi connectivity index (χ2v) is 4.82.